The van der Waals surface area contributed by atoms with Crippen molar-refractivity contribution in [2.75, 3.05) is 26.1 Å². The van der Waals surface area contributed by atoms with Crippen LogP contribution in [0.25, 0.3) is 11.3 Å². The molecule has 6 nitrogen and oxygen atoms in total. The van der Waals surface area contributed by atoms with Gasteiger partial charge in [-0.2, -0.15) is 0 Å². The SMILES string of the molecule is COc1ccc(-c2csc(NC(=O)CCCOc3ccccc3OC)n2)cc1. The van der Waals surface area contributed by atoms with Crippen LogP contribution >= 0.6 is 11.3 Å². The Kier molecular flexibility index (Phi) is 6.86. The summed E-state index contributed by atoms with van der Waals surface area (Å²) in [5.74, 6) is 2.07. The first-order valence-corrected chi connectivity index (χ1v) is 9.73. The number of hydrogen-bond donors (Lipinski definition) is 1. The quantitative estimate of drug-likeness (QED) is 0.533. The van der Waals surface area contributed by atoms with E-state index in [1.807, 2.05) is 53.9 Å². The van der Waals surface area contributed by atoms with E-state index in [9.17, 15) is 4.79 Å². The molecule has 0 aliphatic carbocycles. The van der Waals surface area contributed by atoms with E-state index in [0.717, 1.165) is 17.0 Å². The third kappa shape index (κ3) is 5.23. The number of carbonyl (C=O) groups excluding carboxylic acids is 1. The summed E-state index contributed by atoms with van der Waals surface area (Å²) in [5, 5.41) is 5.34. The van der Waals surface area contributed by atoms with Crippen molar-refractivity contribution in [1.29, 1.82) is 0 Å². The van der Waals surface area contributed by atoms with Gasteiger partial charge in [0.2, 0.25) is 5.91 Å². The van der Waals surface area contributed by atoms with E-state index in [2.05, 4.69) is 10.3 Å². The normalized spacial score (nSPS) is 10.4. The molecule has 0 aliphatic rings. The van der Waals surface area contributed by atoms with E-state index < -0.39 is 0 Å². The minimum atomic E-state index is -0.0840. The van der Waals surface area contributed by atoms with Crippen molar-refractivity contribution in [3.8, 4) is 28.5 Å². The summed E-state index contributed by atoms with van der Waals surface area (Å²) < 4.78 is 16.1. The molecule has 1 heterocycles. The maximum atomic E-state index is 12.1. The standard InChI is InChI=1S/C21H22N2O4S/c1-25-16-11-9-15(10-12-16)17-14-28-21(22-17)23-20(24)8-5-13-27-19-7-4-3-6-18(19)26-2/h3-4,6-7,9-12,14H,5,8,13H2,1-2H3,(H,22,23,24). The van der Waals surface area contributed by atoms with Gasteiger partial charge in [-0.15, -0.1) is 11.3 Å². The summed E-state index contributed by atoms with van der Waals surface area (Å²) in [5.41, 5.74) is 1.80. The van der Waals surface area contributed by atoms with E-state index in [1.165, 1.54) is 11.3 Å². The Morgan fingerprint density at radius 3 is 2.50 bits per heavy atom. The Balaban J connectivity index is 1.45. The molecule has 146 valence electrons. The van der Waals surface area contributed by atoms with E-state index in [0.29, 0.717) is 36.1 Å². The Morgan fingerprint density at radius 2 is 1.79 bits per heavy atom. The van der Waals surface area contributed by atoms with Crippen molar-refractivity contribution in [2.45, 2.75) is 12.8 Å². The van der Waals surface area contributed by atoms with Gasteiger partial charge < -0.3 is 19.5 Å². The molecule has 0 atom stereocenters. The maximum absolute atomic E-state index is 12.1. The highest BCUT2D eigenvalue weighted by Crippen LogP contribution is 2.27. The number of aromatic nitrogens is 1. The zero-order valence-corrected chi connectivity index (χ0v) is 16.6. The van der Waals surface area contributed by atoms with Gasteiger partial charge in [0.1, 0.15) is 5.75 Å². The smallest absolute Gasteiger partial charge is 0.226 e. The first kappa shape index (κ1) is 19.7. The molecule has 28 heavy (non-hydrogen) atoms. The summed E-state index contributed by atoms with van der Waals surface area (Å²) in [6.07, 6.45) is 0.952. The lowest BCUT2D eigenvalue weighted by Gasteiger charge is -2.09. The molecule has 7 heteroatoms. The molecule has 1 amide bonds. The van der Waals surface area contributed by atoms with Crippen molar-refractivity contribution in [3.05, 3.63) is 53.9 Å². The Labute approximate surface area is 168 Å². The Bertz CT molecular complexity index is 909. The fourth-order valence-electron chi connectivity index (χ4n) is 2.56. The number of benzene rings is 2. The Morgan fingerprint density at radius 1 is 1.04 bits per heavy atom. The molecule has 0 unspecified atom stereocenters. The summed E-state index contributed by atoms with van der Waals surface area (Å²) in [4.78, 5) is 16.6. The van der Waals surface area contributed by atoms with Crippen molar-refractivity contribution in [2.24, 2.45) is 0 Å². The number of ether oxygens (including phenoxy) is 3. The van der Waals surface area contributed by atoms with E-state index in [4.69, 9.17) is 14.2 Å². The summed E-state index contributed by atoms with van der Waals surface area (Å²) in [6, 6.07) is 15.1. The summed E-state index contributed by atoms with van der Waals surface area (Å²) in [7, 11) is 3.23. The number of nitrogens with one attached hydrogen (secondary N) is 1. The third-order valence-corrected chi connectivity index (χ3v) is 4.77. The molecule has 0 saturated heterocycles. The lowest BCUT2D eigenvalue weighted by Crippen LogP contribution is -2.12. The molecule has 0 aliphatic heterocycles. The minimum absolute atomic E-state index is 0.0840. The molecule has 0 bridgehead atoms. The Hall–Kier alpha value is -3.06. The van der Waals surface area contributed by atoms with Gasteiger partial charge >= 0.3 is 0 Å². The second-order valence-corrected chi connectivity index (χ2v) is 6.78. The van der Waals surface area contributed by atoms with Crippen LogP contribution in [0.15, 0.2) is 53.9 Å². The van der Waals surface area contributed by atoms with Crippen LogP contribution in [-0.4, -0.2) is 31.7 Å². The number of rotatable bonds is 9. The number of amides is 1. The second kappa shape index (κ2) is 9.75. The van der Waals surface area contributed by atoms with E-state index in [1.54, 1.807) is 14.2 Å². The number of carbonyl (C=O) groups is 1. The fraction of sp³-hybridized carbons (Fsp3) is 0.238. The molecule has 0 fully saturated rings. The van der Waals surface area contributed by atoms with Gasteiger partial charge in [0, 0.05) is 17.4 Å². The minimum Gasteiger partial charge on any atom is -0.497 e. The molecular weight excluding hydrogens is 376 g/mol. The molecular formula is C21H22N2O4S. The third-order valence-electron chi connectivity index (χ3n) is 4.01. The summed E-state index contributed by atoms with van der Waals surface area (Å²) >= 11 is 1.40. The molecule has 3 aromatic rings. The van der Waals surface area contributed by atoms with Crippen LogP contribution in [0.1, 0.15) is 12.8 Å². The van der Waals surface area contributed by atoms with Crippen molar-refractivity contribution < 1.29 is 19.0 Å². The summed E-state index contributed by atoms with van der Waals surface area (Å²) in [6.45, 7) is 0.433. The van der Waals surface area contributed by atoms with Gasteiger partial charge in [0.05, 0.1) is 26.5 Å². The maximum Gasteiger partial charge on any atom is 0.226 e. The van der Waals surface area contributed by atoms with E-state index in [-0.39, 0.29) is 5.91 Å². The highest BCUT2D eigenvalue weighted by Gasteiger charge is 2.09. The zero-order chi connectivity index (χ0) is 19.8. The predicted octanol–water partition coefficient (Wildman–Crippen LogP) is 4.63. The highest BCUT2D eigenvalue weighted by atomic mass is 32.1. The van der Waals surface area contributed by atoms with Gasteiger partial charge in [0.25, 0.3) is 0 Å². The number of thiazole rings is 1. The number of nitrogens with zero attached hydrogens (tertiary/aromatic N) is 1. The molecule has 3 rings (SSSR count). The highest BCUT2D eigenvalue weighted by molar-refractivity contribution is 7.14. The van der Waals surface area contributed by atoms with Crippen LogP contribution < -0.4 is 19.5 Å². The van der Waals surface area contributed by atoms with Crippen molar-refractivity contribution in [3.63, 3.8) is 0 Å². The molecule has 1 N–H and O–H groups in total. The van der Waals surface area contributed by atoms with Crippen molar-refractivity contribution in [1.82, 2.24) is 4.98 Å². The molecule has 0 radical (unpaired) electrons. The van der Waals surface area contributed by atoms with Gasteiger partial charge in [-0.1, -0.05) is 12.1 Å². The average Bonchev–Trinajstić information content (AvgIpc) is 3.20. The molecule has 0 spiro atoms. The zero-order valence-electron chi connectivity index (χ0n) is 15.8. The number of hydrogen-bond acceptors (Lipinski definition) is 6. The molecule has 0 saturated carbocycles. The second-order valence-electron chi connectivity index (χ2n) is 5.92. The van der Waals surface area contributed by atoms with Gasteiger partial charge in [-0.25, -0.2) is 4.98 Å². The van der Waals surface area contributed by atoms with Crippen LogP contribution in [0.2, 0.25) is 0 Å². The monoisotopic (exact) mass is 398 g/mol. The number of anilines is 1. The van der Waals surface area contributed by atoms with Crippen LogP contribution in [0.4, 0.5) is 5.13 Å². The van der Waals surface area contributed by atoms with Crippen LogP contribution in [-0.2, 0) is 4.79 Å². The first-order valence-electron chi connectivity index (χ1n) is 8.85. The molecule has 2 aromatic carbocycles. The number of para-hydroxylation sites is 2. The topological polar surface area (TPSA) is 69.7 Å². The van der Waals surface area contributed by atoms with Crippen LogP contribution in [0.3, 0.4) is 0 Å². The molecule has 1 aromatic heterocycles. The van der Waals surface area contributed by atoms with E-state index >= 15 is 0 Å². The lowest BCUT2D eigenvalue weighted by atomic mass is 10.2. The van der Waals surface area contributed by atoms with Crippen molar-refractivity contribution >= 4 is 22.4 Å². The van der Waals surface area contributed by atoms with Gasteiger partial charge in [-0.3, -0.25) is 4.79 Å². The number of methoxy groups -OCH3 is 2. The predicted molar refractivity (Wildman–Crippen MR) is 110 cm³/mol. The van der Waals surface area contributed by atoms with Gasteiger partial charge in [-0.05, 0) is 42.8 Å². The first-order chi connectivity index (χ1) is 13.7. The van der Waals surface area contributed by atoms with Crippen LogP contribution in [0, 0.1) is 0 Å². The fourth-order valence-corrected chi connectivity index (χ4v) is 3.30. The van der Waals surface area contributed by atoms with Gasteiger partial charge in [0.15, 0.2) is 16.6 Å². The lowest BCUT2D eigenvalue weighted by molar-refractivity contribution is -0.116. The average molecular weight is 398 g/mol. The largest absolute Gasteiger partial charge is 0.497 e. The van der Waals surface area contributed by atoms with Crippen LogP contribution in [0.5, 0.6) is 17.2 Å².